The van der Waals surface area contributed by atoms with Crippen LogP contribution in [0.5, 0.6) is 0 Å². The van der Waals surface area contributed by atoms with E-state index < -0.39 is 5.54 Å². The Balaban J connectivity index is 2.28. The topological polar surface area (TPSA) is 77.1 Å². The van der Waals surface area contributed by atoms with Crippen molar-refractivity contribution in [1.29, 1.82) is 0 Å². The number of carbonyl (C=O) groups excluding carboxylic acids is 1. The second-order valence-corrected chi connectivity index (χ2v) is 6.24. The van der Waals surface area contributed by atoms with Crippen molar-refractivity contribution in [3.63, 3.8) is 0 Å². The molecule has 0 unspecified atom stereocenters. The molecule has 1 aromatic heterocycles. The van der Waals surface area contributed by atoms with Gasteiger partial charge >= 0.3 is 0 Å². The van der Waals surface area contributed by atoms with Crippen molar-refractivity contribution in [1.82, 2.24) is 4.57 Å². The summed E-state index contributed by atoms with van der Waals surface area (Å²) in [6, 6.07) is 11.9. The first kappa shape index (κ1) is 16.9. The fourth-order valence-electron chi connectivity index (χ4n) is 2.41. The van der Waals surface area contributed by atoms with E-state index in [9.17, 15) is 9.59 Å². The number of pyridine rings is 1. The van der Waals surface area contributed by atoms with Crippen LogP contribution < -0.4 is 16.6 Å². The summed E-state index contributed by atoms with van der Waals surface area (Å²) >= 11 is 4.90. The Morgan fingerprint density at radius 1 is 1.17 bits per heavy atom. The molecule has 0 radical (unpaired) electrons. The fraction of sp³-hybridized carbons (Fsp3) is 0.235. The van der Waals surface area contributed by atoms with Gasteiger partial charge in [-0.15, -0.1) is 0 Å². The zero-order valence-electron chi connectivity index (χ0n) is 13.3. The Bertz CT molecular complexity index is 807. The molecule has 3 N–H and O–H groups in total. The van der Waals surface area contributed by atoms with Crippen LogP contribution in [0.15, 0.2) is 47.3 Å². The number of nitrogens with two attached hydrogens (primary N) is 1. The Hall–Kier alpha value is -2.47. The lowest BCUT2D eigenvalue weighted by Gasteiger charge is -2.28. The van der Waals surface area contributed by atoms with E-state index in [2.05, 4.69) is 5.32 Å². The first-order valence-electron chi connectivity index (χ1n) is 7.14. The molecule has 0 spiro atoms. The number of benzene rings is 1. The molecule has 1 aromatic carbocycles. The van der Waals surface area contributed by atoms with E-state index >= 15 is 0 Å². The monoisotopic (exact) mass is 329 g/mol. The van der Waals surface area contributed by atoms with Gasteiger partial charge in [0.05, 0.1) is 0 Å². The van der Waals surface area contributed by atoms with Gasteiger partial charge in [0.25, 0.3) is 5.56 Å². The quantitative estimate of drug-likeness (QED) is 0.843. The molecule has 0 atom stereocenters. The first-order valence-corrected chi connectivity index (χ1v) is 7.55. The molecule has 0 aliphatic rings. The summed E-state index contributed by atoms with van der Waals surface area (Å²) in [5, 5.41) is 2.82. The molecule has 23 heavy (non-hydrogen) atoms. The molecule has 6 heteroatoms. The van der Waals surface area contributed by atoms with Crippen molar-refractivity contribution in [3.05, 3.63) is 64.1 Å². The SMILES string of the molecule is Cc1cccc(=O)n1C(C)(C)C(=O)Nc1ccc(C(N)=S)cc1. The average Bonchev–Trinajstić information content (AvgIpc) is 2.47. The van der Waals surface area contributed by atoms with Gasteiger partial charge in [-0.05, 0) is 51.1 Å². The lowest BCUT2D eigenvalue weighted by atomic mass is 10.0. The molecule has 0 bridgehead atoms. The van der Waals surface area contributed by atoms with Crippen LogP contribution in [0.4, 0.5) is 5.69 Å². The van der Waals surface area contributed by atoms with Crippen molar-refractivity contribution in [2.75, 3.05) is 5.32 Å². The van der Waals surface area contributed by atoms with Gasteiger partial charge in [-0.25, -0.2) is 0 Å². The second-order valence-electron chi connectivity index (χ2n) is 5.80. The Labute approximate surface area is 140 Å². The molecule has 0 aliphatic carbocycles. The maximum absolute atomic E-state index is 12.6. The Kier molecular flexibility index (Phi) is 4.65. The zero-order chi connectivity index (χ0) is 17.2. The summed E-state index contributed by atoms with van der Waals surface area (Å²) < 4.78 is 1.48. The van der Waals surface area contributed by atoms with Gasteiger partial charge in [-0.3, -0.25) is 14.2 Å². The molecule has 0 saturated heterocycles. The van der Waals surface area contributed by atoms with Crippen LogP contribution >= 0.6 is 12.2 Å². The molecule has 2 aromatic rings. The van der Waals surface area contributed by atoms with Crippen LogP contribution in [0.1, 0.15) is 25.1 Å². The maximum atomic E-state index is 12.6. The number of aryl methyl sites for hydroxylation is 1. The van der Waals surface area contributed by atoms with E-state index in [0.29, 0.717) is 10.7 Å². The molecule has 0 aliphatic heterocycles. The highest BCUT2D eigenvalue weighted by molar-refractivity contribution is 7.80. The van der Waals surface area contributed by atoms with E-state index in [1.54, 1.807) is 57.2 Å². The maximum Gasteiger partial charge on any atom is 0.251 e. The summed E-state index contributed by atoms with van der Waals surface area (Å²) in [5.74, 6) is -0.281. The number of amides is 1. The molecule has 1 heterocycles. The van der Waals surface area contributed by atoms with Crippen LogP contribution in [0.2, 0.25) is 0 Å². The fourth-order valence-corrected chi connectivity index (χ4v) is 2.55. The summed E-state index contributed by atoms with van der Waals surface area (Å²) in [4.78, 5) is 25.1. The van der Waals surface area contributed by atoms with Crippen LogP contribution in [0.3, 0.4) is 0 Å². The lowest BCUT2D eigenvalue weighted by molar-refractivity contribution is -0.123. The van der Waals surface area contributed by atoms with Gasteiger partial charge in [0.2, 0.25) is 5.91 Å². The van der Waals surface area contributed by atoms with E-state index in [1.807, 2.05) is 0 Å². The van der Waals surface area contributed by atoms with Gasteiger partial charge in [0.1, 0.15) is 10.5 Å². The highest BCUT2D eigenvalue weighted by Crippen LogP contribution is 2.19. The largest absolute Gasteiger partial charge is 0.389 e. The van der Waals surface area contributed by atoms with E-state index in [1.165, 1.54) is 10.6 Å². The molecular formula is C17H19N3O2S. The van der Waals surface area contributed by atoms with Crippen molar-refractivity contribution in [2.24, 2.45) is 5.73 Å². The van der Waals surface area contributed by atoms with Crippen LogP contribution in [-0.2, 0) is 10.3 Å². The molecule has 0 fully saturated rings. The number of aromatic nitrogens is 1. The number of rotatable bonds is 4. The van der Waals surface area contributed by atoms with Crippen molar-refractivity contribution in [2.45, 2.75) is 26.3 Å². The second kappa shape index (κ2) is 6.34. The van der Waals surface area contributed by atoms with Crippen LogP contribution in [-0.4, -0.2) is 15.5 Å². The first-order chi connectivity index (χ1) is 10.7. The number of hydrogen-bond donors (Lipinski definition) is 2. The van der Waals surface area contributed by atoms with Gasteiger partial charge in [0.15, 0.2) is 0 Å². The van der Waals surface area contributed by atoms with E-state index in [-0.39, 0.29) is 11.5 Å². The summed E-state index contributed by atoms with van der Waals surface area (Å²) in [7, 11) is 0. The number of anilines is 1. The number of hydrogen-bond acceptors (Lipinski definition) is 3. The minimum Gasteiger partial charge on any atom is -0.389 e. The average molecular weight is 329 g/mol. The highest BCUT2D eigenvalue weighted by Gasteiger charge is 2.31. The summed E-state index contributed by atoms with van der Waals surface area (Å²) in [6.07, 6.45) is 0. The number of nitrogens with zero attached hydrogens (tertiary/aromatic N) is 1. The van der Waals surface area contributed by atoms with Crippen molar-refractivity contribution >= 4 is 28.8 Å². The predicted octanol–water partition coefficient (Wildman–Crippen LogP) is 2.16. The number of carbonyl (C=O) groups is 1. The van der Waals surface area contributed by atoms with E-state index in [0.717, 1.165) is 11.3 Å². The van der Waals surface area contributed by atoms with Gasteiger partial charge < -0.3 is 11.1 Å². The highest BCUT2D eigenvalue weighted by atomic mass is 32.1. The minimum absolute atomic E-state index is 0.214. The van der Waals surface area contributed by atoms with E-state index in [4.69, 9.17) is 18.0 Å². The Morgan fingerprint density at radius 3 is 2.30 bits per heavy atom. The van der Waals surface area contributed by atoms with Gasteiger partial charge in [-0.2, -0.15) is 0 Å². The smallest absolute Gasteiger partial charge is 0.251 e. The third-order valence-corrected chi connectivity index (χ3v) is 3.93. The minimum atomic E-state index is -1.02. The Morgan fingerprint density at radius 2 is 1.78 bits per heavy atom. The number of nitrogens with one attached hydrogen (secondary N) is 1. The van der Waals surface area contributed by atoms with Crippen molar-refractivity contribution < 1.29 is 4.79 Å². The zero-order valence-corrected chi connectivity index (χ0v) is 14.1. The van der Waals surface area contributed by atoms with Gasteiger partial charge in [-0.1, -0.05) is 18.3 Å². The summed E-state index contributed by atoms with van der Waals surface area (Å²) in [5.41, 5.74) is 6.38. The van der Waals surface area contributed by atoms with Crippen LogP contribution in [0.25, 0.3) is 0 Å². The van der Waals surface area contributed by atoms with Crippen LogP contribution in [0, 0.1) is 6.92 Å². The predicted molar refractivity (Wildman–Crippen MR) is 95.7 cm³/mol. The molecule has 120 valence electrons. The molecule has 0 saturated carbocycles. The lowest BCUT2D eigenvalue weighted by Crippen LogP contribution is -2.46. The third-order valence-electron chi connectivity index (χ3n) is 3.69. The standard InChI is InChI=1S/C17H19N3O2S/c1-11-5-4-6-14(21)20(11)17(2,3)16(22)19-13-9-7-12(8-10-13)15(18)23/h4-10H,1-3H3,(H2,18,23)(H,19,22). The molecule has 2 rings (SSSR count). The van der Waals surface area contributed by atoms with Gasteiger partial charge in [0, 0.05) is 23.0 Å². The number of thiocarbonyl (C=S) groups is 1. The third kappa shape index (κ3) is 3.48. The summed E-state index contributed by atoms with van der Waals surface area (Å²) in [6.45, 7) is 5.22. The normalized spacial score (nSPS) is 11.1. The molecular weight excluding hydrogens is 310 g/mol. The molecule has 1 amide bonds. The van der Waals surface area contributed by atoms with Crippen molar-refractivity contribution in [3.8, 4) is 0 Å². The molecule has 5 nitrogen and oxygen atoms in total.